The van der Waals surface area contributed by atoms with Gasteiger partial charge in [-0.1, -0.05) is 54.1 Å². The summed E-state index contributed by atoms with van der Waals surface area (Å²) in [7, 11) is -3.32. The Hall–Kier alpha value is -2.21. The second-order valence-corrected chi connectivity index (χ2v) is 9.85. The largest absolute Gasteiger partial charge is 0.284 e. The Morgan fingerprint density at radius 3 is 2.64 bits per heavy atom. The third-order valence-electron chi connectivity index (χ3n) is 4.43. The number of hydrogen-bond donors (Lipinski definition) is 1. The SMILES string of the molecule is CS(=O)(=O)Nc1cccc(/C=C2\c3ccccc3CSc3cc(Cl)ccc32)c1. The maximum atomic E-state index is 11.6. The Balaban J connectivity index is 1.88. The lowest BCUT2D eigenvalue weighted by Gasteiger charge is -2.12. The van der Waals surface area contributed by atoms with Crippen molar-refractivity contribution in [2.75, 3.05) is 11.0 Å². The molecule has 0 unspecified atom stereocenters. The van der Waals surface area contributed by atoms with Gasteiger partial charge in [0.05, 0.1) is 6.26 Å². The number of hydrogen-bond acceptors (Lipinski definition) is 3. The average Bonchev–Trinajstić information content (AvgIpc) is 2.78. The average molecular weight is 428 g/mol. The number of thioether (sulfide) groups is 1. The summed E-state index contributed by atoms with van der Waals surface area (Å²) in [4.78, 5) is 1.14. The molecule has 0 spiro atoms. The summed E-state index contributed by atoms with van der Waals surface area (Å²) in [6.45, 7) is 0. The van der Waals surface area contributed by atoms with E-state index in [1.54, 1.807) is 17.8 Å². The molecule has 0 radical (unpaired) electrons. The Bertz CT molecular complexity index is 1190. The van der Waals surface area contributed by atoms with E-state index in [0.29, 0.717) is 5.69 Å². The number of nitrogens with one attached hydrogen (secondary N) is 1. The molecule has 1 N–H and O–H groups in total. The number of rotatable bonds is 3. The standard InChI is InChI=1S/C22H18ClNO2S2/c1-28(25,26)24-18-7-4-5-15(11-18)12-21-19-8-3-2-6-16(19)14-27-22-13-17(23)9-10-20(21)22/h2-13,24H,14H2,1H3/b21-12+. The number of anilines is 1. The van der Waals surface area contributed by atoms with E-state index in [1.165, 1.54) is 11.1 Å². The third-order valence-corrected chi connectivity index (χ3v) is 6.37. The molecule has 0 fully saturated rings. The van der Waals surface area contributed by atoms with Crippen molar-refractivity contribution in [3.63, 3.8) is 0 Å². The van der Waals surface area contributed by atoms with Crippen LogP contribution >= 0.6 is 23.4 Å². The topological polar surface area (TPSA) is 46.2 Å². The highest BCUT2D eigenvalue weighted by Gasteiger charge is 2.18. The molecule has 3 aromatic rings. The molecular formula is C22H18ClNO2S2. The summed E-state index contributed by atoms with van der Waals surface area (Å²) >= 11 is 8.01. The van der Waals surface area contributed by atoms with E-state index in [1.807, 2.05) is 36.4 Å². The van der Waals surface area contributed by atoms with Gasteiger partial charge in [-0.15, -0.1) is 11.8 Å². The molecule has 1 heterocycles. The monoisotopic (exact) mass is 427 g/mol. The molecule has 0 bridgehead atoms. The molecule has 1 aliphatic rings. The van der Waals surface area contributed by atoms with Gasteiger partial charge in [-0.25, -0.2) is 8.42 Å². The number of benzene rings is 3. The van der Waals surface area contributed by atoms with Crippen molar-refractivity contribution in [1.82, 2.24) is 0 Å². The summed E-state index contributed by atoms with van der Waals surface area (Å²) in [5.41, 5.74) is 6.13. The van der Waals surface area contributed by atoms with Gasteiger partial charge in [-0.3, -0.25) is 4.72 Å². The van der Waals surface area contributed by atoms with Gasteiger partial charge in [0.15, 0.2) is 0 Å². The van der Waals surface area contributed by atoms with Crippen LogP contribution in [0.1, 0.15) is 22.3 Å². The fraction of sp³-hybridized carbons (Fsp3) is 0.0909. The van der Waals surface area contributed by atoms with Crippen LogP contribution in [0, 0.1) is 0 Å². The number of sulfonamides is 1. The van der Waals surface area contributed by atoms with Crippen LogP contribution in [-0.2, 0) is 15.8 Å². The molecule has 0 aromatic heterocycles. The van der Waals surface area contributed by atoms with Crippen LogP contribution in [0.4, 0.5) is 5.69 Å². The van der Waals surface area contributed by atoms with Gasteiger partial charge in [0.1, 0.15) is 0 Å². The minimum atomic E-state index is -3.32. The fourth-order valence-corrected chi connectivity index (χ4v) is 5.17. The molecule has 0 saturated heterocycles. The first-order chi connectivity index (χ1) is 13.4. The Kier molecular flexibility index (Phi) is 5.23. The van der Waals surface area contributed by atoms with Gasteiger partial charge in [-0.2, -0.15) is 0 Å². The van der Waals surface area contributed by atoms with E-state index >= 15 is 0 Å². The highest BCUT2D eigenvalue weighted by Crippen LogP contribution is 2.42. The molecule has 4 rings (SSSR count). The molecule has 6 heteroatoms. The molecule has 1 aliphatic heterocycles. The predicted molar refractivity (Wildman–Crippen MR) is 119 cm³/mol. The summed E-state index contributed by atoms with van der Waals surface area (Å²) in [5, 5.41) is 0.718. The first-order valence-electron chi connectivity index (χ1n) is 8.70. The predicted octanol–water partition coefficient (Wildman–Crippen LogP) is 5.91. The van der Waals surface area contributed by atoms with E-state index in [-0.39, 0.29) is 0 Å². The number of fused-ring (bicyclic) bond motifs is 2. The second-order valence-electron chi connectivity index (χ2n) is 6.64. The van der Waals surface area contributed by atoms with Crippen molar-refractivity contribution in [2.45, 2.75) is 10.6 Å². The maximum Gasteiger partial charge on any atom is 0.229 e. The van der Waals surface area contributed by atoms with E-state index < -0.39 is 10.0 Å². The molecule has 3 nitrogen and oxygen atoms in total. The van der Waals surface area contributed by atoms with Gasteiger partial charge in [0.2, 0.25) is 10.0 Å². The number of halogens is 1. The molecule has 28 heavy (non-hydrogen) atoms. The van der Waals surface area contributed by atoms with Crippen LogP contribution in [0.25, 0.3) is 11.6 Å². The Morgan fingerprint density at radius 1 is 1.00 bits per heavy atom. The van der Waals surface area contributed by atoms with Crippen molar-refractivity contribution >= 4 is 50.7 Å². The lowest BCUT2D eigenvalue weighted by molar-refractivity contribution is 0.607. The zero-order valence-electron chi connectivity index (χ0n) is 15.1. The molecule has 0 aliphatic carbocycles. The lowest BCUT2D eigenvalue weighted by Crippen LogP contribution is -2.09. The summed E-state index contributed by atoms with van der Waals surface area (Å²) in [6, 6.07) is 21.7. The van der Waals surface area contributed by atoms with E-state index in [9.17, 15) is 8.42 Å². The minimum Gasteiger partial charge on any atom is -0.284 e. The third kappa shape index (κ3) is 4.27. The Labute approximate surface area is 174 Å². The van der Waals surface area contributed by atoms with Gasteiger partial charge in [0.25, 0.3) is 0 Å². The molecular weight excluding hydrogens is 410 g/mol. The molecule has 0 atom stereocenters. The minimum absolute atomic E-state index is 0.546. The lowest BCUT2D eigenvalue weighted by atomic mass is 9.92. The summed E-state index contributed by atoms with van der Waals surface area (Å²) in [5.74, 6) is 0.872. The molecule has 3 aromatic carbocycles. The normalized spacial score (nSPS) is 14.9. The second kappa shape index (κ2) is 7.66. The maximum absolute atomic E-state index is 11.6. The molecule has 0 saturated carbocycles. The van der Waals surface area contributed by atoms with Crippen LogP contribution in [0.2, 0.25) is 5.02 Å². The molecule has 0 amide bonds. The van der Waals surface area contributed by atoms with Gasteiger partial charge >= 0.3 is 0 Å². The fourth-order valence-electron chi connectivity index (χ4n) is 3.28. The summed E-state index contributed by atoms with van der Waals surface area (Å²) < 4.78 is 25.7. The van der Waals surface area contributed by atoms with Crippen molar-refractivity contribution in [3.05, 3.63) is 94.0 Å². The van der Waals surface area contributed by atoms with E-state index in [4.69, 9.17) is 11.6 Å². The highest BCUT2D eigenvalue weighted by atomic mass is 35.5. The van der Waals surface area contributed by atoms with Crippen LogP contribution in [0.5, 0.6) is 0 Å². The highest BCUT2D eigenvalue weighted by molar-refractivity contribution is 7.98. The van der Waals surface area contributed by atoms with Crippen molar-refractivity contribution in [3.8, 4) is 0 Å². The smallest absolute Gasteiger partial charge is 0.229 e. The van der Waals surface area contributed by atoms with Crippen LogP contribution in [0.3, 0.4) is 0 Å². The molecule has 142 valence electrons. The van der Waals surface area contributed by atoms with E-state index in [0.717, 1.165) is 38.6 Å². The summed E-state index contributed by atoms with van der Waals surface area (Å²) in [6.07, 6.45) is 3.25. The Morgan fingerprint density at radius 2 is 1.82 bits per heavy atom. The first-order valence-corrected chi connectivity index (χ1v) is 12.0. The zero-order valence-corrected chi connectivity index (χ0v) is 17.5. The van der Waals surface area contributed by atoms with Gasteiger partial charge < -0.3 is 0 Å². The zero-order chi connectivity index (χ0) is 19.7. The first kappa shape index (κ1) is 19.1. The van der Waals surface area contributed by atoms with Crippen molar-refractivity contribution < 1.29 is 8.42 Å². The van der Waals surface area contributed by atoms with Gasteiger partial charge in [-0.05, 0) is 58.2 Å². The van der Waals surface area contributed by atoms with E-state index in [2.05, 4.69) is 35.1 Å². The van der Waals surface area contributed by atoms with Crippen molar-refractivity contribution in [2.24, 2.45) is 0 Å². The van der Waals surface area contributed by atoms with Crippen molar-refractivity contribution in [1.29, 1.82) is 0 Å². The van der Waals surface area contributed by atoms with Crippen LogP contribution < -0.4 is 4.72 Å². The van der Waals surface area contributed by atoms with Crippen LogP contribution in [-0.4, -0.2) is 14.7 Å². The van der Waals surface area contributed by atoms with Crippen LogP contribution in [0.15, 0.2) is 71.6 Å². The quantitative estimate of drug-likeness (QED) is 0.565. The van der Waals surface area contributed by atoms with Gasteiger partial charge in [0, 0.05) is 21.4 Å².